The second-order valence-electron chi connectivity index (χ2n) is 5.72. The molecule has 2 aromatic carbocycles. The molecule has 3 rings (SSSR count). The molecule has 2 aromatic rings. The van der Waals surface area contributed by atoms with Gasteiger partial charge in [0, 0.05) is 6.04 Å². The second kappa shape index (κ2) is 6.31. The predicted molar refractivity (Wildman–Crippen MR) is 86.9 cm³/mol. The van der Waals surface area contributed by atoms with Gasteiger partial charge in [0.25, 0.3) is 0 Å². The van der Waals surface area contributed by atoms with Crippen LogP contribution >= 0.6 is 0 Å². The van der Waals surface area contributed by atoms with E-state index in [0.717, 1.165) is 18.7 Å². The quantitative estimate of drug-likeness (QED) is 0.861. The molecule has 0 saturated carbocycles. The molecule has 2 atom stereocenters. The monoisotopic (exact) mass is 281 g/mol. The Balaban J connectivity index is 1.73. The molecule has 0 spiro atoms. The van der Waals surface area contributed by atoms with Crippen molar-refractivity contribution in [3.63, 3.8) is 0 Å². The van der Waals surface area contributed by atoms with E-state index in [0.29, 0.717) is 12.0 Å². The summed E-state index contributed by atoms with van der Waals surface area (Å²) in [6.45, 7) is 3.16. The number of rotatable bonds is 6. The van der Waals surface area contributed by atoms with E-state index in [1.165, 1.54) is 23.1 Å². The third-order valence-corrected chi connectivity index (χ3v) is 4.45. The molecule has 21 heavy (non-hydrogen) atoms. The van der Waals surface area contributed by atoms with E-state index in [9.17, 15) is 0 Å². The van der Waals surface area contributed by atoms with Crippen LogP contribution in [-0.2, 0) is 6.42 Å². The lowest BCUT2D eigenvalue weighted by Crippen LogP contribution is -2.27. The minimum absolute atomic E-state index is 0.416. The molecule has 1 aliphatic carbocycles. The fourth-order valence-electron chi connectivity index (χ4n) is 3.28. The molecule has 1 aliphatic rings. The van der Waals surface area contributed by atoms with Crippen molar-refractivity contribution in [3.05, 3.63) is 65.2 Å². The average molecular weight is 281 g/mol. The normalized spacial score (nSPS) is 17.7. The molecule has 110 valence electrons. The Morgan fingerprint density at radius 2 is 1.90 bits per heavy atom. The van der Waals surface area contributed by atoms with Gasteiger partial charge in [-0.2, -0.15) is 0 Å². The first-order chi connectivity index (χ1) is 10.3. The Kier molecular flexibility index (Phi) is 4.26. The van der Waals surface area contributed by atoms with Crippen molar-refractivity contribution in [3.8, 4) is 5.75 Å². The topological polar surface area (TPSA) is 21.3 Å². The molecular weight excluding hydrogens is 258 g/mol. The summed E-state index contributed by atoms with van der Waals surface area (Å²) in [5.41, 5.74) is 4.41. The van der Waals surface area contributed by atoms with Crippen molar-refractivity contribution in [1.29, 1.82) is 0 Å². The van der Waals surface area contributed by atoms with Crippen LogP contribution in [0.4, 0.5) is 0 Å². The Morgan fingerprint density at radius 1 is 1.14 bits per heavy atom. The summed E-state index contributed by atoms with van der Waals surface area (Å²) >= 11 is 0. The third kappa shape index (κ3) is 2.96. The maximum absolute atomic E-state index is 5.25. The highest BCUT2D eigenvalue weighted by molar-refractivity contribution is 5.40. The first-order valence-corrected chi connectivity index (χ1v) is 7.77. The molecule has 0 heterocycles. The van der Waals surface area contributed by atoms with E-state index in [2.05, 4.69) is 48.6 Å². The van der Waals surface area contributed by atoms with Crippen LogP contribution in [0.15, 0.2) is 48.5 Å². The van der Waals surface area contributed by atoms with Crippen LogP contribution in [0, 0.1) is 0 Å². The lowest BCUT2D eigenvalue weighted by atomic mass is 9.74. The van der Waals surface area contributed by atoms with E-state index in [1.807, 2.05) is 12.1 Å². The number of methoxy groups -OCH3 is 1. The molecule has 2 heteroatoms. The van der Waals surface area contributed by atoms with Gasteiger partial charge in [-0.15, -0.1) is 0 Å². The lowest BCUT2D eigenvalue weighted by molar-refractivity contribution is 0.412. The molecule has 2 nitrogen and oxygen atoms in total. The van der Waals surface area contributed by atoms with Gasteiger partial charge in [-0.3, -0.25) is 0 Å². The highest BCUT2D eigenvalue weighted by Crippen LogP contribution is 2.40. The minimum atomic E-state index is 0.416. The molecule has 0 fully saturated rings. The van der Waals surface area contributed by atoms with Crippen molar-refractivity contribution >= 4 is 0 Å². The van der Waals surface area contributed by atoms with Crippen molar-refractivity contribution in [2.24, 2.45) is 0 Å². The van der Waals surface area contributed by atoms with Crippen LogP contribution in [0.5, 0.6) is 5.75 Å². The number of nitrogens with one attached hydrogen (secondary N) is 1. The smallest absolute Gasteiger partial charge is 0.118 e. The maximum Gasteiger partial charge on any atom is 0.118 e. The van der Waals surface area contributed by atoms with Crippen LogP contribution in [0.25, 0.3) is 0 Å². The summed E-state index contributed by atoms with van der Waals surface area (Å²) in [4.78, 5) is 0. The van der Waals surface area contributed by atoms with Crippen molar-refractivity contribution in [2.75, 3.05) is 13.7 Å². The molecule has 0 saturated heterocycles. The van der Waals surface area contributed by atoms with E-state index in [1.54, 1.807) is 7.11 Å². The minimum Gasteiger partial charge on any atom is -0.497 e. The van der Waals surface area contributed by atoms with Crippen LogP contribution < -0.4 is 10.1 Å². The lowest BCUT2D eigenvalue weighted by Gasteiger charge is -2.33. The number of hydrogen-bond acceptors (Lipinski definition) is 2. The first-order valence-electron chi connectivity index (χ1n) is 7.77. The molecule has 0 aromatic heterocycles. The summed E-state index contributed by atoms with van der Waals surface area (Å²) in [5, 5.41) is 3.63. The molecule has 0 radical (unpaired) electrons. The van der Waals surface area contributed by atoms with Gasteiger partial charge in [0.2, 0.25) is 0 Å². The van der Waals surface area contributed by atoms with Crippen LogP contribution in [0.3, 0.4) is 0 Å². The van der Waals surface area contributed by atoms with E-state index in [4.69, 9.17) is 4.74 Å². The Labute approximate surface area is 127 Å². The number of ether oxygens (including phenoxy) is 1. The zero-order valence-electron chi connectivity index (χ0n) is 12.8. The highest BCUT2D eigenvalue weighted by atomic mass is 16.5. The summed E-state index contributed by atoms with van der Waals surface area (Å²) in [5.74, 6) is 1.61. The first kappa shape index (κ1) is 14.2. The van der Waals surface area contributed by atoms with Gasteiger partial charge in [-0.05, 0) is 54.1 Å². The zero-order valence-corrected chi connectivity index (χ0v) is 12.8. The van der Waals surface area contributed by atoms with Gasteiger partial charge in [-0.25, -0.2) is 0 Å². The Hall–Kier alpha value is -1.80. The number of benzene rings is 2. The van der Waals surface area contributed by atoms with E-state index < -0.39 is 0 Å². The summed E-state index contributed by atoms with van der Waals surface area (Å²) in [6.07, 6.45) is 2.38. The van der Waals surface area contributed by atoms with Crippen molar-refractivity contribution in [2.45, 2.75) is 31.7 Å². The largest absolute Gasteiger partial charge is 0.497 e. The zero-order chi connectivity index (χ0) is 14.7. The molecule has 0 aliphatic heterocycles. The molecule has 0 bridgehead atoms. The van der Waals surface area contributed by atoms with E-state index in [-0.39, 0.29) is 0 Å². The van der Waals surface area contributed by atoms with Crippen LogP contribution in [-0.4, -0.2) is 13.7 Å². The van der Waals surface area contributed by atoms with Crippen LogP contribution in [0.2, 0.25) is 0 Å². The molecular formula is C19H23NO. The standard InChI is InChI=1S/C19H23NO/c1-3-20-19(14-8-10-17(21-2)11-9-14)13-16-12-15-6-4-5-7-18(15)16/h4-11,16,19-20H,3,12-13H2,1-2H3. The average Bonchev–Trinajstić information content (AvgIpc) is 2.52. The molecule has 2 unspecified atom stereocenters. The Morgan fingerprint density at radius 3 is 2.57 bits per heavy atom. The van der Waals surface area contributed by atoms with E-state index >= 15 is 0 Å². The van der Waals surface area contributed by atoms with Crippen LogP contribution in [0.1, 0.15) is 42.0 Å². The summed E-state index contributed by atoms with van der Waals surface area (Å²) in [7, 11) is 1.71. The van der Waals surface area contributed by atoms with Crippen molar-refractivity contribution < 1.29 is 4.74 Å². The van der Waals surface area contributed by atoms with Gasteiger partial charge in [0.1, 0.15) is 5.75 Å². The number of hydrogen-bond donors (Lipinski definition) is 1. The van der Waals surface area contributed by atoms with Crippen molar-refractivity contribution in [1.82, 2.24) is 5.32 Å². The highest BCUT2D eigenvalue weighted by Gasteiger charge is 2.28. The summed E-state index contributed by atoms with van der Waals surface area (Å²) < 4.78 is 5.25. The van der Waals surface area contributed by atoms with Gasteiger partial charge in [0.15, 0.2) is 0 Å². The third-order valence-electron chi connectivity index (χ3n) is 4.45. The van der Waals surface area contributed by atoms with Gasteiger partial charge in [-0.1, -0.05) is 43.3 Å². The maximum atomic E-state index is 5.25. The predicted octanol–water partition coefficient (Wildman–Crippen LogP) is 4.08. The second-order valence-corrected chi connectivity index (χ2v) is 5.72. The number of fused-ring (bicyclic) bond motifs is 1. The van der Waals surface area contributed by atoms with Gasteiger partial charge in [0.05, 0.1) is 7.11 Å². The Bertz CT molecular complexity index is 591. The summed E-state index contributed by atoms with van der Waals surface area (Å²) in [6, 6.07) is 17.7. The van der Waals surface area contributed by atoms with Gasteiger partial charge >= 0.3 is 0 Å². The fraction of sp³-hybridized carbons (Fsp3) is 0.368. The molecule has 0 amide bonds. The SMILES string of the molecule is CCNC(CC1Cc2ccccc21)c1ccc(OC)cc1. The fourth-order valence-corrected chi connectivity index (χ4v) is 3.28. The van der Waals surface area contributed by atoms with Gasteiger partial charge < -0.3 is 10.1 Å². The molecule has 1 N–H and O–H groups in total.